The number of anilines is 2. The largest absolute Gasteiger partial charge is 0.494 e. The second kappa shape index (κ2) is 7.95. The number of ether oxygens (including phenoxy) is 1. The van der Waals surface area contributed by atoms with Crippen molar-refractivity contribution in [3.05, 3.63) is 65.1 Å². The van der Waals surface area contributed by atoms with E-state index in [0.717, 1.165) is 16.8 Å². The first kappa shape index (κ1) is 18.5. The Bertz CT molecular complexity index is 1010. The molecule has 0 atom stereocenters. The highest BCUT2D eigenvalue weighted by atomic mass is 16.5. The smallest absolute Gasteiger partial charge is 0.326 e. The Kier molecular flexibility index (Phi) is 5.45. The highest BCUT2D eigenvalue weighted by Gasteiger charge is 2.16. The van der Waals surface area contributed by atoms with Gasteiger partial charge in [0.1, 0.15) is 5.75 Å². The van der Waals surface area contributed by atoms with E-state index in [1.807, 2.05) is 56.3 Å². The van der Waals surface area contributed by atoms with Crippen LogP contribution in [0, 0.1) is 0 Å². The summed E-state index contributed by atoms with van der Waals surface area (Å²) in [6, 6.07) is 14.4. The molecule has 140 valence electrons. The van der Waals surface area contributed by atoms with E-state index in [9.17, 15) is 9.59 Å². The number of carbonyl (C=O) groups is 1. The van der Waals surface area contributed by atoms with Gasteiger partial charge in [0.05, 0.1) is 12.3 Å². The van der Waals surface area contributed by atoms with E-state index in [4.69, 9.17) is 4.74 Å². The summed E-state index contributed by atoms with van der Waals surface area (Å²) in [6.45, 7) is 4.94. The van der Waals surface area contributed by atoms with Crippen LogP contribution in [0.2, 0.25) is 0 Å². The Balaban J connectivity index is 1.90. The number of carbonyl (C=O) groups excluding carboxylic acids is 1. The van der Waals surface area contributed by atoms with Crippen molar-refractivity contribution in [1.82, 2.24) is 4.57 Å². The number of benzene rings is 2. The number of urea groups is 1. The number of amides is 2. The molecule has 0 saturated heterocycles. The average Bonchev–Trinajstić information content (AvgIpc) is 2.68. The molecular formula is C21H23N3O3. The quantitative estimate of drug-likeness (QED) is 0.743. The van der Waals surface area contributed by atoms with E-state index in [0.29, 0.717) is 24.2 Å². The third-order valence-electron chi connectivity index (χ3n) is 4.35. The second-order valence-corrected chi connectivity index (χ2v) is 6.11. The van der Waals surface area contributed by atoms with Crippen LogP contribution in [0.25, 0.3) is 10.8 Å². The number of hydrogen-bond donors (Lipinski definition) is 1. The van der Waals surface area contributed by atoms with Crippen molar-refractivity contribution < 1.29 is 9.53 Å². The summed E-state index contributed by atoms with van der Waals surface area (Å²) in [5.41, 5.74) is 1.28. The number of pyridine rings is 1. The number of aromatic nitrogens is 1. The Labute approximate surface area is 158 Å². The van der Waals surface area contributed by atoms with Crippen molar-refractivity contribution in [1.29, 1.82) is 0 Å². The Morgan fingerprint density at radius 2 is 1.74 bits per heavy atom. The first-order valence-electron chi connectivity index (χ1n) is 8.95. The molecule has 0 unspecified atom stereocenters. The van der Waals surface area contributed by atoms with Gasteiger partial charge < -0.3 is 14.6 Å². The molecule has 3 aromatic rings. The van der Waals surface area contributed by atoms with Gasteiger partial charge in [-0.3, -0.25) is 9.69 Å². The molecular weight excluding hydrogens is 342 g/mol. The fraction of sp³-hybridized carbons (Fsp3) is 0.238. The summed E-state index contributed by atoms with van der Waals surface area (Å²) in [7, 11) is 1.68. The summed E-state index contributed by atoms with van der Waals surface area (Å²) >= 11 is 0. The standard InChI is InChI=1S/C21H23N3O3/c1-4-24(15-10-12-16(13-11-15)27-5-2)21(26)22-19-14-23(3)20(25)18-9-7-6-8-17(18)19/h6-14H,4-5H2,1-3H3,(H,22,26). The molecule has 6 heteroatoms. The van der Waals surface area contributed by atoms with Gasteiger partial charge in [-0.15, -0.1) is 0 Å². The fourth-order valence-electron chi connectivity index (χ4n) is 3.03. The molecule has 27 heavy (non-hydrogen) atoms. The Morgan fingerprint density at radius 1 is 1.07 bits per heavy atom. The fourth-order valence-corrected chi connectivity index (χ4v) is 3.03. The van der Waals surface area contributed by atoms with E-state index in [2.05, 4.69) is 5.32 Å². The third-order valence-corrected chi connectivity index (χ3v) is 4.35. The number of fused-ring (bicyclic) bond motifs is 1. The van der Waals surface area contributed by atoms with Gasteiger partial charge in [-0.25, -0.2) is 4.79 Å². The summed E-state index contributed by atoms with van der Waals surface area (Å²) in [5, 5.41) is 4.23. The number of nitrogens with one attached hydrogen (secondary N) is 1. The third kappa shape index (κ3) is 3.79. The molecule has 1 N–H and O–H groups in total. The van der Waals surface area contributed by atoms with E-state index >= 15 is 0 Å². The van der Waals surface area contributed by atoms with Gasteiger partial charge in [0, 0.05) is 36.2 Å². The molecule has 2 aromatic carbocycles. The lowest BCUT2D eigenvalue weighted by molar-refractivity contribution is 0.257. The van der Waals surface area contributed by atoms with Gasteiger partial charge in [-0.2, -0.15) is 0 Å². The molecule has 6 nitrogen and oxygen atoms in total. The van der Waals surface area contributed by atoms with Crippen LogP contribution in [0.15, 0.2) is 59.5 Å². The second-order valence-electron chi connectivity index (χ2n) is 6.11. The first-order chi connectivity index (χ1) is 13.0. The molecule has 0 aliphatic heterocycles. The van der Waals surface area contributed by atoms with Crippen molar-refractivity contribution in [2.75, 3.05) is 23.4 Å². The summed E-state index contributed by atoms with van der Waals surface area (Å²) in [5.74, 6) is 0.766. The maximum Gasteiger partial charge on any atom is 0.326 e. The molecule has 3 rings (SSSR count). The van der Waals surface area contributed by atoms with Crippen molar-refractivity contribution in [3.8, 4) is 5.75 Å². The lowest BCUT2D eigenvalue weighted by atomic mass is 10.1. The van der Waals surface area contributed by atoms with Crippen LogP contribution in [0.5, 0.6) is 5.75 Å². The van der Waals surface area contributed by atoms with Crippen molar-refractivity contribution in [3.63, 3.8) is 0 Å². The predicted octanol–water partition coefficient (Wildman–Crippen LogP) is 4.00. The van der Waals surface area contributed by atoms with Gasteiger partial charge in [0.2, 0.25) is 0 Å². The van der Waals surface area contributed by atoms with Gasteiger partial charge in [0.15, 0.2) is 0 Å². The van der Waals surface area contributed by atoms with Crippen LogP contribution in [0.4, 0.5) is 16.2 Å². The summed E-state index contributed by atoms with van der Waals surface area (Å²) in [6.07, 6.45) is 1.65. The highest BCUT2D eigenvalue weighted by Crippen LogP contribution is 2.23. The lowest BCUT2D eigenvalue weighted by Crippen LogP contribution is -2.35. The van der Waals surface area contributed by atoms with Crippen LogP contribution in [-0.2, 0) is 7.05 Å². The predicted molar refractivity (Wildman–Crippen MR) is 109 cm³/mol. The molecule has 0 fully saturated rings. The maximum atomic E-state index is 12.9. The van der Waals surface area contributed by atoms with Crippen molar-refractivity contribution in [2.24, 2.45) is 7.05 Å². The number of rotatable bonds is 5. The molecule has 0 aliphatic carbocycles. The van der Waals surface area contributed by atoms with E-state index < -0.39 is 0 Å². The minimum absolute atomic E-state index is 0.0949. The van der Waals surface area contributed by atoms with E-state index in [1.165, 1.54) is 4.57 Å². The molecule has 1 heterocycles. The Hall–Kier alpha value is -3.28. The van der Waals surface area contributed by atoms with E-state index in [-0.39, 0.29) is 11.6 Å². The van der Waals surface area contributed by atoms with Crippen LogP contribution in [-0.4, -0.2) is 23.7 Å². The molecule has 1 aromatic heterocycles. The van der Waals surface area contributed by atoms with Crippen molar-refractivity contribution >= 4 is 28.2 Å². The van der Waals surface area contributed by atoms with Gasteiger partial charge in [0.25, 0.3) is 5.56 Å². The molecule has 0 aliphatic rings. The molecule has 0 radical (unpaired) electrons. The monoisotopic (exact) mass is 365 g/mol. The average molecular weight is 365 g/mol. The normalized spacial score (nSPS) is 10.6. The number of nitrogens with zero attached hydrogens (tertiary/aromatic N) is 2. The summed E-state index contributed by atoms with van der Waals surface area (Å²) in [4.78, 5) is 26.8. The molecule has 2 amide bonds. The highest BCUT2D eigenvalue weighted by molar-refractivity contribution is 6.07. The van der Waals surface area contributed by atoms with Crippen LogP contribution in [0.1, 0.15) is 13.8 Å². The maximum absolute atomic E-state index is 12.9. The zero-order valence-corrected chi connectivity index (χ0v) is 15.7. The van der Waals surface area contributed by atoms with Crippen LogP contribution >= 0.6 is 0 Å². The number of hydrogen-bond acceptors (Lipinski definition) is 3. The van der Waals surface area contributed by atoms with Crippen LogP contribution < -0.4 is 20.5 Å². The van der Waals surface area contributed by atoms with E-state index in [1.54, 1.807) is 24.2 Å². The number of aryl methyl sites for hydroxylation is 1. The van der Waals surface area contributed by atoms with Gasteiger partial charge >= 0.3 is 6.03 Å². The molecule has 0 spiro atoms. The minimum Gasteiger partial charge on any atom is -0.494 e. The topological polar surface area (TPSA) is 63.6 Å². The SMILES string of the molecule is CCOc1ccc(N(CC)C(=O)Nc2cn(C)c(=O)c3ccccc23)cc1. The Morgan fingerprint density at radius 3 is 2.37 bits per heavy atom. The molecule has 0 saturated carbocycles. The van der Waals surface area contributed by atoms with Gasteiger partial charge in [-0.05, 0) is 44.2 Å². The van der Waals surface area contributed by atoms with Crippen molar-refractivity contribution in [2.45, 2.75) is 13.8 Å². The molecule has 0 bridgehead atoms. The lowest BCUT2D eigenvalue weighted by Gasteiger charge is -2.22. The zero-order valence-electron chi connectivity index (χ0n) is 15.7. The minimum atomic E-state index is -0.259. The summed E-state index contributed by atoms with van der Waals surface area (Å²) < 4.78 is 6.93. The van der Waals surface area contributed by atoms with Crippen LogP contribution in [0.3, 0.4) is 0 Å². The first-order valence-corrected chi connectivity index (χ1v) is 8.95. The zero-order chi connectivity index (χ0) is 19.4. The van der Waals surface area contributed by atoms with Gasteiger partial charge in [-0.1, -0.05) is 18.2 Å².